The maximum Gasteiger partial charge on any atom is 0.326 e. The van der Waals surface area contributed by atoms with Crippen molar-refractivity contribution in [2.24, 2.45) is 98.8 Å². The number of carbonyl (C=O) groups excluding carboxylic acids is 7. The number of rotatable bonds is 41. The molecule has 506 valence electrons. The van der Waals surface area contributed by atoms with Gasteiger partial charge in [0, 0.05) is 52.2 Å². The summed E-state index contributed by atoms with van der Waals surface area (Å²) in [6, 6.07) is -8.81. The van der Waals surface area contributed by atoms with Gasteiger partial charge in [0.1, 0.15) is 60.3 Å². The second-order valence-corrected chi connectivity index (χ2v) is 20.5. The van der Waals surface area contributed by atoms with E-state index in [0.29, 0.717) is 0 Å². The molecule has 2 aromatic heterocycles. The third-order valence-corrected chi connectivity index (χ3v) is 13.3. The minimum Gasteiger partial charge on any atom is -0.480 e. The number of imidazole rings is 1. The summed E-state index contributed by atoms with van der Waals surface area (Å²) in [7, 11) is 0. The van der Waals surface area contributed by atoms with E-state index < -0.39 is 115 Å². The lowest BCUT2D eigenvalue weighted by atomic mass is 10.0. The Kier molecular flexibility index (Phi) is 31.9. The number of nitrogens with zero attached hydrogens (tertiary/aromatic N) is 10. The summed E-state index contributed by atoms with van der Waals surface area (Å²) < 4.78 is 6.99. The summed E-state index contributed by atoms with van der Waals surface area (Å²) in [5.74, 6) is -9.33. The van der Waals surface area contributed by atoms with E-state index in [1.54, 1.807) is 0 Å². The van der Waals surface area contributed by atoms with E-state index >= 15 is 0 Å². The monoisotopic (exact) mass is 1290 g/mol. The lowest BCUT2D eigenvalue weighted by Crippen LogP contribution is -2.59. The van der Waals surface area contributed by atoms with Crippen LogP contribution in [0.1, 0.15) is 89.7 Å². The Balaban J connectivity index is 1.92. The number of carbonyl (C=O) groups is 8. The first kappa shape index (κ1) is 74.9. The summed E-state index contributed by atoms with van der Waals surface area (Å²) in [4.78, 5) is 146. The lowest BCUT2D eigenvalue weighted by Gasteiger charge is -2.27. The average Bonchev–Trinajstić information content (AvgIpc) is 1.65. The van der Waals surface area contributed by atoms with Crippen LogP contribution in [0.3, 0.4) is 0 Å². The predicted octanol–water partition coefficient (Wildman–Crippen LogP) is -11.2. The van der Waals surface area contributed by atoms with Crippen LogP contribution in [0.25, 0.3) is 11.2 Å². The standard InChI is InChI=1S/C49H88N30O12/c50-34-30-35(71-21-70-34)79(22-72-30)42-32(82)31(81)33(91-42)41(88)63-20-13-29(80)73-23(7-1-14-64-44(51)52)36(83)74-24(8-2-15-65-45(53)54)37(84)75-25(9-3-16-66-46(55)56)38(85)76-26(10-4-17-67-47(57)58)39(86)77-27(11-5-18-68-48(59)60)40(87)78-28(43(89)90)12-6-19-69-49(61)62/h21-28,31-33,42,81-82H,1-20H2,(H,63,88)(H,73,80)(H,74,83)(H,75,84)(H,76,85)(H,77,86)(H,78,87)(H,89,90)(H2,50,70,71)(H4,51,52,64)(H4,53,54,65)(H4,55,56,66)(H4,57,58,67)(H4,59,60,68)(H4,61,62,69)/t23-,24-,25-,26-,27-,28-,31-,32+,33-,42+/m0/s1. The molecule has 2 aromatic rings. The summed E-state index contributed by atoms with van der Waals surface area (Å²) in [6.45, 7) is -0.456. The second kappa shape index (κ2) is 38.8. The molecule has 10 atom stereocenters. The molecule has 42 nitrogen and oxygen atoms in total. The van der Waals surface area contributed by atoms with Crippen LogP contribution in [0, 0.1) is 0 Å². The minimum absolute atomic E-state index is 0.00254. The van der Waals surface area contributed by atoms with Crippen LogP contribution in [0.2, 0.25) is 0 Å². The van der Waals surface area contributed by atoms with Crippen LogP contribution in [0.5, 0.6) is 0 Å². The van der Waals surface area contributed by atoms with Crippen molar-refractivity contribution in [2.45, 2.75) is 144 Å². The molecule has 1 saturated heterocycles. The van der Waals surface area contributed by atoms with Gasteiger partial charge in [0.05, 0.1) is 6.33 Å². The molecule has 91 heavy (non-hydrogen) atoms. The maximum absolute atomic E-state index is 14.6. The molecule has 0 saturated carbocycles. The van der Waals surface area contributed by atoms with Gasteiger partial charge in [0.2, 0.25) is 35.4 Å². The van der Waals surface area contributed by atoms with Crippen LogP contribution in [0.15, 0.2) is 42.6 Å². The van der Waals surface area contributed by atoms with Crippen molar-refractivity contribution in [1.29, 1.82) is 0 Å². The van der Waals surface area contributed by atoms with Gasteiger partial charge in [-0.15, -0.1) is 0 Å². The number of hydrogen-bond acceptors (Lipinski definition) is 21. The zero-order valence-corrected chi connectivity index (χ0v) is 50.1. The number of aliphatic hydroxyl groups excluding tert-OH is 2. The number of ether oxygens (including phenoxy) is 1. The third-order valence-electron chi connectivity index (χ3n) is 13.3. The van der Waals surface area contributed by atoms with Crippen LogP contribution in [0.4, 0.5) is 5.82 Å². The van der Waals surface area contributed by atoms with Gasteiger partial charge in [-0.2, -0.15) is 0 Å². The summed E-state index contributed by atoms with van der Waals surface area (Å²) in [6.07, 6.45) is -4.84. The fourth-order valence-corrected chi connectivity index (χ4v) is 8.81. The van der Waals surface area contributed by atoms with E-state index in [1.165, 1.54) is 10.9 Å². The number of aliphatic hydroxyl groups is 2. The molecule has 7 amide bonds. The molecule has 1 aliphatic heterocycles. The van der Waals surface area contributed by atoms with Crippen molar-refractivity contribution >= 4 is 100 Å². The number of nitrogens with two attached hydrogens (primary N) is 13. The Morgan fingerprint density at radius 2 is 0.813 bits per heavy atom. The van der Waals surface area contributed by atoms with Crippen molar-refractivity contribution in [2.75, 3.05) is 51.5 Å². The van der Waals surface area contributed by atoms with Crippen LogP contribution >= 0.6 is 0 Å². The number of amides is 7. The Morgan fingerprint density at radius 1 is 0.484 bits per heavy atom. The molecule has 1 aliphatic rings. The minimum atomic E-state index is -1.74. The highest BCUT2D eigenvalue weighted by Crippen LogP contribution is 2.32. The van der Waals surface area contributed by atoms with Gasteiger partial charge in [-0.05, 0) is 77.0 Å². The Hall–Kier alpha value is -10.4. The molecule has 0 bridgehead atoms. The van der Waals surface area contributed by atoms with Crippen molar-refractivity contribution in [3.05, 3.63) is 12.7 Å². The molecule has 0 aliphatic carbocycles. The first-order chi connectivity index (χ1) is 43.1. The molecule has 0 spiro atoms. The molecule has 0 radical (unpaired) electrons. The zero-order valence-electron chi connectivity index (χ0n) is 50.1. The van der Waals surface area contributed by atoms with Gasteiger partial charge < -0.3 is 132 Å². The van der Waals surface area contributed by atoms with Crippen LogP contribution in [-0.4, -0.2) is 218 Å². The smallest absolute Gasteiger partial charge is 0.326 e. The largest absolute Gasteiger partial charge is 0.480 e. The van der Waals surface area contributed by atoms with Gasteiger partial charge in [-0.3, -0.25) is 68.1 Å². The van der Waals surface area contributed by atoms with E-state index in [9.17, 15) is 53.7 Å². The number of hydrogen-bond donors (Lipinski definition) is 23. The summed E-state index contributed by atoms with van der Waals surface area (Å²) in [5, 5.41) is 49.6. The SMILES string of the molecule is NC(N)=NCCC[C@H](NC(=O)[C@H](CCCN=C(N)N)NC(=O)[C@H](CCCN=C(N)N)NC(=O)[C@H](CCCN=C(N)N)NC(=O)[C@H](CCCN=C(N)N)NC(=O)[C@H](CCCN=C(N)N)NC(=O)CCNC(=O)[C@H]1O[C@@H](n2cnc3c(N)ncnc32)[C@H](O)[C@@H]1O)C(=O)O. The van der Waals surface area contributed by atoms with Gasteiger partial charge in [-0.1, -0.05) is 0 Å². The number of aromatic nitrogens is 4. The van der Waals surface area contributed by atoms with E-state index in [-0.39, 0.29) is 176 Å². The number of nitrogen functional groups attached to an aromatic ring is 1. The van der Waals surface area contributed by atoms with Crippen molar-refractivity contribution in [3.8, 4) is 0 Å². The van der Waals surface area contributed by atoms with Crippen LogP contribution in [-0.2, 0) is 43.1 Å². The van der Waals surface area contributed by atoms with Crippen molar-refractivity contribution in [1.82, 2.24) is 56.7 Å². The Morgan fingerprint density at radius 3 is 1.15 bits per heavy atom. The summed E-state index contributed by atoms with van der Waals surface area (Å²) >= 11 is 0. The third kappa shape index (κ3) is 27.3. The molecule has 3 rings (SSSR count). The van der Waals surface area contributed by atoms with E-state index in [4.69, 9.17) is 79.3 Å². The van der Waals surface area contributed by atoms with Gasteiger partial charge in [-0.25, -0.2) is 19.7 Å². The Labute approximate surface area is 521 Å². The van der Waals surface area contributed by atoms with Gasteiger partial charge in [0.15, 0.2) is 59.6 Å². The normalized spacial score (nSPS) is 16.9. The maximum atomic E-state index is 14.6. The highest BCUT2D eigenvalue weighted by molar-refractivity contribution is 5.97. The van der Waals surface area contributed by atoms with E-state index in [2.05, 4.69) is 82.1 Å². The number of carboxylic acids is 1. The van der Waals surface area contributed by atoms with Gasteiger partial charge >= 0.3 is 5.97 Å². The lowest BCUT2D eigenvalue weighted by molar-refractivity contribution is -0.142. The topological polar surface area (TPSA) is 747 Å². The quantitative estimate of drug-likeness (QED) is 0.0167. The zero-order chi connectivity index (χ0) is 67.7. The molecule has 0 unspecified atom stereocenters. The van der Waals surface area contributed by atoms with Crippen LogP contribution < -0.4 is 112 Å². The van der Waals surface area contributed by atoms with E-state index in [0.717, 1.165) is 6.33 Å². The first-order valence-electron chi connectivity index (χ1n) is 28.7. The fraction of sp³-hybridized carbons (Fsp3) is 0.612. The summed E-state index contributed by atoms with van der Waals surface area (Å²) in [5.41, 5.74) is 72.2. The highest BCUT2D eigenvalue weighted by atomic mass is 16.6. The molecule has 0 aromatic carbocycles. The molecule has 42 heteroatoms. The number of aliphatic carboxylic acids is 1. The highest BCUT2D eigenvalue weighted by Gasteiger charge is 2.48. The average molecular weight is 1290 g/mol. The molecular formula is C49H88N30O12. The van der Waals surface area contributed by atoms with E-state index in [1.807, 2.05) is 0 Å². The van der Waals surface area contributed by atoms with Crippen molar-refractivity contribution < 1.29 is 58.4 Å². The fourth-order valence-electron chi connectivity index (χ4n) is 8.81. The van der Waals surface area contributed by atoms with Crippen molar-refractivity contribution in [3.63, 3.8) is 0 Å². The first-order valence-corrected chi connectivity index (χ1v) is 28.7. The number of carboxylic acid groups (broad SMARTS) is 1. The number of guanidine groups is 6. The second-order valence-electron chi connectivity index (χ2n) is 20.5. The Bertz CT molecular complexity index is 2930. The van der Waals surface area contributed by atoms with Gasteiger partial charge in [0.25, 0.3) is 5.91 Å². The number of nitrogens with one attached hydrogen (secondary N) is 7. The number of anilines is 1. The molecule has 36 N–H and O–H groups in total. The molecule has 3 heterocycles. The molecular weight excluding hydrogens is 1200 g/mol. The molecule has 1 fully saturated rings. The number of aliphatic imine (C=N–C) groups is 6. The number of fused-ring (bicyclic) bond motifs is 1. The predicted molar refractivity (Wildman–Crippen MR) is 332 cm³/mol.